The van der Waals surface area contributed by atoms with E-state index in [1.165, 1.54) is 12.1 Å². The molecule has 0 N–H and O–H groups in total. The van der Waals surface area contributed by atoms with E-state index in [0.717, 1.165) is 46.8 Å². The van der Waals surface area contributed by atoms with Crippen LogP contribution in [0.5, 0.6) is 23.0 Å². The van der Waals surface area contributed by atoms with Crippen molar-refractivity contribution >= 4 is 83.2 Å². The molecule has 0 saturated heterocycles. The third-order valence-corrected chi connectivity index (χ3v) is 16.2. The number of nitriles is 1. The summed E-state index contributed by atoms with van der Waals surface area (Å²) in [4.78, 5) is 129. The van der Waals surface area contributed by atoms with Gasteiger partial charge in [0.05, 0.1) is 89.2 Å². The van der Waals surface area contributed by atoms with Crippen LogP contribution >= 0.6 is 23.5 Å². The van der Waals surface area contributed by atoms with E-state index in [1.807, 2.05) is 6.07 Å². The highest BCUT2D eigenvalue weighted by Crippen LogP contribution is 2.59. The van der Waals surface area contributed by atoms with Crippen molar-refractivity contribution < 1.29 is 95.3 Å². The molecule has 22 nitrogen and oxygen atoms in total. The SMILES string of the molecule is [C-]#[N+]C(C#N)=C1Sc2c(OC(=O)C3CCC(C(=O)Oc4ccc(CCOC(=O)CCC(=O)OCC(C)OC(=O)C=C)cc4)CC3)ccc(OC(=O)C3CCC(C(=O)Oc4ccc(CCOC(=O)CCC(=O)OCC(C)OC(=O)C=C)cc4)CC3)c2S1. The van der Waals surface area contributed by atoms with E-state index in [9.17, 15) is 53.2 Å². The molecular formula is C62H64N2O20S2. The van der Waals surface area contributed by atoms with Crippen LogP contribution in [0.3, 0.4) is 0 Å². The second-order valence-corrected chi connectivity index (χ2v) is 22.4. The zero-order valence-electron chi connectivity index (χ0n) is 47.4. The normalized spacial score (nSPS) is 17.4. The summed E-state index contributed by atoms with van der Waals surface area (Å²) < 4.78 is 53.8. The van der Waals surface area contributed by atoms with Crippen LogP contribution < -0.4 is 18.9 Å². The van der Waals surface area contributed by atoms with Gasteiger partial charge in [-0.15, -0.1) is 0 Å². The molecule has 2 fully saturated rings. The fourth-order valence-electron chi connectivity index (χ4n) is 8.90. The molecule has 6 rings (SSSR count). The fraction of sp³-hybridized carbons (Fsp3) is 0.419. The van der Waals surface area contributed by atoms with Gasteiger partial charge < -0.3 is 47.4 Å². The zero-order valence-corrected chi connectivity index (χ0v) is 49.0. The molecule has 2 aliphatic carbocycles. The summed E-state index contributed by atoms with van der Waals surface area (Å²) in [5, 5.41) is 9.71. The smallest absolute Gasteiger partial charge is 0.330 e. The Morgan fingerprint density at radius 1 is 0.535 bits per heavy atom. The van der Waals surface area contributed by atoms with Crippen molar-refractivity contribution in [3.8, 4) is 29.1 Å². The van der Waals surface area contributed by atoms with Crippen LogP contribution in [0, 0.1) is 41.6 Å². The zero-order chi connectivity index (χ0) is 62.1. The largest absolute Gasteiger partial charge is 0.465 e. The maximum absolute atomic E-state index is 13.7. The molecule has 1 heterocycles. The van der Waals surface area contributed by atoms with Crippen LogP contribution in [0.1, 0.15) is 102 Å². The van der Waals surface area contributed by atoms with E-state index in [0.29, 0.717) is 89.7 Å². The molecule has 2 saturated carbocycles. The van der Waals surface area contributed by atoms with Crippen LogP contribution in [0.25, 0.3) is 4.85 Å². The molecule has 0 bridgehead atoms. The molecule has 0 aromatic heterocycles. The van der Waals surface area contributed by atoms with Crippen molar-refractivity contribution in [1.82, 2.24) is 0 Å². The van der Waals surface area contributed by atoms with E-state index < -0.39 is 95.6 Å². The van der Waals surface area contributed by atoms with Gasteiger partial charge in [0.15, 0.2) is 0 Å². The number of allylic oxidation sites excluding steroid dienone is 1. The number of carbonyl (C=O) groups excluding carboxylic acids is 10. The van der Waals surface area contributed by atoms with Crippen molar-refractivity contribution in [2.75, 3.05) is 26.4 Å². The van der Waals surface area contributed by atoms with Crippen molar-refractivity contribution in [3.05, 3.63) is 118 Å². The molecule has 1 aliphatic heterocycles. The molecule has 0 spiro atoms. The summed E-state index contributed by atoms with van der Waals surface area (Å²) in [5.41, 5.74) is 1.42. The molecule has 0 amide bonds. The van der Waals surface area contributed by atoms with Gasteiger partial charge in [-0.25, -0.2) is 19.7 Å². The first-order chi connectivity index (χ1) is 41.3. The number of rotatable bonds is 28. The number of fused-ring (bicyclic) bond motifs is 1. The first-order valence-corrected chi connectivity index (χ1v) is 29.4. The maximum atomic E-state index is 13.7. The number of esters is 10. The number of hydrogen-bond donors (Lipinski definition) is 0. The van der Waals surface area contributed by atoms with Gasteiger partial charge in [-0.3, -0.25) is 38.4 Å². The average Bonchev–Trinajstić information content (AvgIpc) is 2.36. The molecule has 3 aromatic rings. The van der Waals surface area contributed by atoms with E-state index in [4.69, 9.17) is 53.9 Å². The van der Waals surface area contributed by atoms with Gasteiger partial charge in [0.2, 0.25) is 0 Å². The molecule has 2 unspecified atom stereocenters. The lowest BCUT2D eigenvalue weighted by molar-refractivity contribution is -0.156. The van der Waals surface area contributed by atoms with Crippen molar-refractivity contribution in [2.24, 2.45) is 23.7 Å². The van der Waals surface area contributed by atoms with E-state index >= 15 is 0 Å². The minimum Gasteiger partial charge on any atom is -0.465 e. The summed E-state index contributed by atoms with van der Waals surface area (Å²) in [6.07, 6.45) is 3.38. The predicted octanol–water partition coefficient (Wildman–Crippen LogP) is 9.18. The lowest BCUT2D eigenvalue weighted by Gasteiger charge is -2.26. The van der Waals surface area contributed by atoms with Gasteiger partial charge in [0, 0.05) is 25.0 Å². The Kier molecular flexibility index (Phi) is 26.0. The molecule has 3 aliphatic rings. The summed E-state index contributed by atoms with van der Waals surface area (Å²) >= 11 is 2.11. The van der Waals surface area contributed by atoms with Gasteiger partial charge in [-0.05, 0) is 113 Å². The minimum absolute atomic E-state index is 0.0492. The van der Waals surface area contributed by atoms with Crippen molar-refractivity contribution in [2.45, 2.75) is 126 Å². The van der Waals surface area contributed by atoms with E-state index in [-0.39, 0.29) is 69.3 Å². The van der Waals surface area contributed by atoms with Crippen molar-refractivity contribution in [1.29, 1.82) is 5.26 Å². The Bertz CT molecular complexity index is 2920. The number of nitrogens with zero attached hydrogens (tertiary/aromatic N) is 2. The van der Waals surface area contributed by atoms with E-state index in [1.54, 1.807) is 62.4 Å². The number of benzene rings is 3. The third kappa shape index (κ3) is 21.1. The Morgan fingerprint density at radius 3 is 1.17 bits per heavy atom. The molecule has 454 valence electrons. The van der Waals surface area contributed by atoms with Crippen molar-refractivity contribution in [3.63, 3.8) is 0 Å². The van der Waals surface area contributed by atoms with Gasteiger partial charge in [-0.1, -0.05) is 60.9 Å². The lowest BCUT2D eigenvalue weighted by atomic mass is 9.82. The van der Waals surface area contributed by atoms with Gasteiger partial charge in [-0.2, -0.15) is 0 Å². The van der Waals surface area contributed by atoms with Crippen LogP contribution in [0.15, 0.2) is 106 Å². The molecule has 2 atom stereocenters. The summed E-state index contributed by atoms with van der Waals surface area (Å²) in [6, 6.07) is 18.3. The topological polar surface area (TPSA) is 291 Å². The minimum atomic E-state index is -0.674. The van der Waals surface area contributed by atoms with Gasteiger partial charge >= 0.3 is 59.7 Å². The molecular weight excluding hydrogens is 1160 g/mol. The standard InChI is InChI=1S/C62H64N2O20S2/c1-6-50(65)79-37(3)35-77-54(69)28-26-52(67)75-32-30-39-8-20-45(21-9-39)81-58(71)41-12-16-43(17-13-41)60(73)83-48-24-25-49(57-56(48)85-62(86-57)47(34-63)64-5)84-61(74)44-18-14-42(15-19-44)59(72)82-46-22-10-40(11-23-46)31-33-76-53(68)27-29-55(70)78-36-38(4)80-51(66)7-2/h6-11,20-25,37-38,41-44H,1-2,12-19,26-33,35-36H2,3-4H3. The highest BCUT2D eigenvalue weighted by atomic mass is 32.2. The van der Waals surface area contributed by atoms with Crippen LogP contribution in [-0.2, 0) is 89.2 Å². The Morgan fingerprint density at radius 2 is 0.860 bits per heavy atom. The Balaban J connectivity index is 0.899. The quantitative estimate of drug-likeness (QED) is 0.0163. The van der Waals surface area contributed by atoms with Crippen LogP contribution in [0.4, 0.5) is 0 Å². The predicted molar refractivity (Wildman–Crippen MR) is 305 cm³/mol. The summed E-state index contributed by atoms with van der Waals surface area (Å²) in [5.74, 6) is -6.81. The number of hydrogen-bond acceptors (Lipinski definition) is 23. The van der Waals surface area contributed by atoms with Crippen LogP contribution in [0.2, 0.25) is 0 Å². The summed E-state index contributed by atoms with van der Waals surface area (Å²) in [7, 11) is 0. The number of carbonyl (C=O) groups is 10. The number of thioether (sulfide) groups is 2. The monoisotopic (exact) mass is 1220 g/mol. The second kappa shape index (κ2) is 33.7. The first-order valence-electron chi connectivity index (χ1n) is 27.7. The maximum Gasteiger partial charge on any atom is 0.330 e. The van der Waals surface area contributed by atoms with Crippen LogP contribution in [-0.4, -0.2) is 98.3 Å². The third-order valence-electron chi connectivity index (χ3n) is 13.6. The highest BCUT2D eigenvalue weighted by molar-refractivity contribution is 8.24. The molecule has 3 aromatic carbocycles. The molecule has 24 heteroatoms. The Hall–Kier alpha value is -8.74. The van der Waals surface area contributed by atoms with E-state index in [2.05, 4.69) is 18.0 Å². The molecule has 86 heavy (non-hydrogen) atoms. The molecule has 0 radical (unpaired) electrons. The highest BCUT2D eigenvalue weighted by Gasteiger charge is 2.37. The second-order valence-electron chi connectivity index (χ2n) is 20.1. The lowest BCUT2D eigenvalue weighted by Crippen LogP contribution is -2.30. The fourth-order valence-corrected chi connectivity index (χ4v) is 11.4. The summed E-state index contributed by atoms with van der Waals surface area (Å²) in [6.45, 7) is 17.0. The average molecular weight is 1220 g/mol. The first kappa shape index (κ1) is 66.4. The van der Waals surface area contributed by atoms with Gasteiger partial charge in [0.25, 0.3) is 5.70 Å². The van der Waals surface area contributed by atoms with Gasteiger partial charge in [0.1, 0.15) is 48.4 Å². The number of ether oxygens (including phenoxy) is 10. The Labute approximate surface area is 505 Å².